The number of aromatic nitrogens is 2. The first-order valence-electron chi connectivity index (χ1n) is 7.05. The lowest BCUT2D eigenvalue weighted by Gasteiger charge is -2.14. The molecule has 1 aromatic carbocycles. The van der Waals surface area contributed by atoms with Gasteiger partial charge in [0.15, 0.2) is 0 Å². The zero-order valence-corrected chi connectivity index (χ0v) is 13.0. The lowest BCUT2D eigenvalue weighted by molar-refractivity contribution is 0.628. The van der Waals surface area contributed by atoms with E-state index in [-0.39, 0.29) is 22.2 Å². The first-order chi connectivity index (χ1) is 11.4. The average Bonchev–Trinajstić information content (AvgIpc) is 2.57. The fourth-order valence-electron chi connectivity index (χ4n) is 2.71. The minimum Gasteiger partial charge on any atom is -0.384 e. The Morgan fingerprint density at radius 1 is 1.08 bits per heavy atom. The van der Waals surface area contributed by atoms with Crippen molar-refractivity contribution < 1.29 is 4.39 Å². The van der Waals surface area contributed by atoms with Gasteiger partial charge in [-0.15, -0.1) is 0 Å². The molecule has 2 aromatic heterocycles. The Hall–Kier alpha value is -3.40. The minimum absolute atomic E-state index is 0.000237. The van der Waals surface area contributed by atoms with Gasteiger partial charge in [0.05, 0.1) is 11.1 Å². The van der Waals surface area contributed by atoms with E-state index in [0.717, 1.165) is 4.57 Å². The molecule has 2 N–H and O–H groups in total. The van der Waals surface area contributed by atoms with Gasteiger partial charge in [0.25, 0.3) is 11.1 Å². The quantitative estimate of drug-likeness (QED) is 0.734. The van der Waals surface area contributed by atoms with E-state index in [4.69, 9.17) is 5.73 Å². The van der Waals surface area contributed by atoms with Crippen LogP contribution in [0, 0.1) is 17.1 Å². The molecule has 120 valence electrons. The second kappa shape index (κ2) is 5.35. The summed E-state index contributed by atoms with van der Waals surface area (Å²) in [5.41, 5.74) is 5.80. The van der Waals surface area contributed by atoms with Crippen LogP contribution >= 0.6 is 0 Å². The molecule has 0 atom stereocenters. The summed E-state index contributed by atoms with van der Waals surface area (Å²) in [6.07, 6.45) is 0. The van der Waals surface area contributed by atoms with E-state index in [0.29, 0.717) is 11.3 Å². The molecule has 0 aliphatic heterocycles. The highest BCUT2D eigenvalue weighted by atomic mass is 19.1. The van der Waals surface area contributed by atoms with E-state index in [1.807, 2.05) is 6.07 Å². The van der Waals surface area contributed by atoms with Crippen LogP contribution in [0.2, 0.25) is 0 Å². The summed E-state index contributed by atoms with van der Waals surface area (Å²) in [7, 11) is 2.96. The topological polar surface area (TPSA) is 93.8 Å². The van der Waals surface area contributed by atoms with Crippen molar-refractivity contribution in [1.82, 2.24) is 9.13 Å². The number of rotatable bonds is 1. The minimum atomic E-state index is -0.569. The van der Waals surface area contributed by atoms with Gasteiger partial charge >= 0.3 is 0 Å². The predicted molar refractivity (Wildman–Crippen MR) is 89.0 cm³/mol. The van der Waals surface area contributed by atoms with E-state index < -0.39 is 16.9 Å². The van der Waals surface area contributed by atoms with Gasteiger partial charge in [-0.2, -0.15) is 5.26 Å². The molecule has 0 bridgehead atoms. The summed E-state index contributed by atoms with van der Waals surface area (Å²) in [6.45, 7) is 0. The molecular formula is C17H13FN4O2. The molecule has 0 saturated carbocycles. The fraction of sp³-hybridized carbons (Fsp3) is 0.118. The molecule has 0 aliphatic rings. The molecule has 0 spiro atoms. The summed E-state index contributed by atoms with van der Waals surface area (Å²) >= 11 is 0. The number of nitrogens with two attached hydrogens (primary N) is 1. The number of hydrogen-bond donors (Lipinski definition) is 1. The van der Waals surface area contributed by atoms with E-state index in [9.17, 15) is 19.2 Å². The molecule has 0 fully saturated rings. The zero-order valence-electron chi connectivity index (χ0n) is 13.0. The Balaban J connectivity index is 2.53. The highest BCUT2D eigenvalue weighted by molar-refractivity contribution is 5.96. The lowest BCUT2D eigenvalue weighted by atomic mass is 10.0. The molecule has 3 aromatic rings. The van der Waals surface area contributed by atoms with Crippen molar-refractivity contribution in [3.8, 4) is 17.3 Å². The highest BCUT2D eigenvalue weighted by Crippen LogP contribution is 2.25. The van der Waals surface area contributed by atoms with Crippen LogP contribution in [0.3, 0.4) is 0 Å². The predicted octanol–water partition coefficient (Wildman–Crippen LogP) is 1.50. The number of fused-ring (bicyclic) bond motifs is 1. The Morgan fingerprint density at radius 3 is 2.29 bits per heavy atom. The van der Waals surface area contributed by atoms with Crippen molar-refractivity contribution >= 4 is 16.6 Å². The number of pyridine rings is 2. The number of nitrogens with zero attached hydrogens (tertiary/aromatic N) is 3. The first kappa shape index (κ1) is 15.5. The highest BCUT2D eigenvalue weighted by Gasteiger charge is 2.18. The molecule has 0 saturated heterocycles. The largest absolute Gasteiger partial charge is 0.384 e. The lowest BCUT2D eigenvalue weighted by Crippen LogP contribution is -2.28. The van der Waals surface area contributed by atoms with Crippen LogP contribution in [-0.2, 0) is 14.1 Å². The Kier molecular flexibility index (Phi) is 3.45. The van der Waals surface area contributed by atoms with Gasteiger partial charge in [0, 0.05) is 19.5 Å². The van der Waals surface area contributed by atoms with Crippen molar-refractivity contribution in [3.63, 3.8) is 0 Å². The Morgan fingerprint density at radius 2 is 1.71 bits per heavy atom. The van der Waals surface area contributed by atoms with Gasteiger partial charge in [-0.05, 0) is 35.9 Å². The number of halogens is 1. The fourth-order valence-corrected chi connectivity index (χ4v) is 2.71. The normalized spacial score (nSPS) is 10.8. The molecule has 0 amide bonds. The molecule has 6 nitrogen and oxygen atoms in total. The van der Waals surface area contributed by atoms with Crippen molar-refractivity contribution in [3.05, 3.63) is 62.4 Å². The van der Waals surface area contributed by atoms with Crippen molar-refractivity contribution in [2.24, 2.45) is 14.1 Å². The maximum absolute atomic E-state index is 13.1. The second-order valence-corrected chi connectivity index (χ2v) is 5.43. The molecule has 0 radical (unpaired) electrons. The van der Waals surface area contributed by atoms with Crippen molar-refractivity contribution in [1.29, 1.82) is 5.26 Å². The summed E-state index contributed by atoms with van der Waals surface area (Å²) in [6, 6.07) is 8.98. The smallest absolute Gasteiger partial charge is 0.270 e. The van der Waals surface area contributed by atoms with E-state index >= 15 is 0 Å². The van der Waals surface area contributed by atoms with Crippen molar-refractivity contribution in [2.75, 3.05) is 5.73 Å². The van der Waals surface area contributed by atoms with Gasteiger partial charge in [0.1, 0.15) is 23.3 Å². The summed E-state index contributed by atoms with van der Waals surface area (Å²) in [5, 5.41) is 9.64. The van der Waals surface area contributed by atoms with Gasteiger partial charge in [-0.1, -0.05) is 0 Å². The second-order valence-electron chi connectivity index (χ2n) is 5.43. The Bertz CT molecular complexity index is 1140. The Labute approximate surface area is 135 Å². The van der Waals surface area contributed by atoms with Crippen molar-refractivity contribution in [2.45, 2.75) is 0 Å². The summed E-state index contributed by atoms with van der Waals surface area (Å²) in [5.74, 6) is -0.402. The molecule has 0 unspecified atom stereocenters. The van der Waals surface area contributed by atoms with E-state index in [1.54, 1.807) is 13.1 Å². The zero-order chi connectivity index (χ0) is 17.6. The van der Waals surface area contributed by atoms with Gasteiger partial charge in [-0.25, -0.2) is 4.39 Å². The number of nitriles is 1. The van der Waals surface area contributed by atoms with Crippen LogP contribution < -0.4 is 16.9 Å². The third-order valence-corrected chi connectivity index (χ3v) is 4.09. The van der Waals surface area contributed by atoms with Crippen LogP contribution in [0.25, 0.3) is 22.0 Å². The van der Waals surface area contributed by atoms with Crippen LogP contribution in [0.4, 0.5) is 10.2 Å². The SMILES string of the molecule is Cn1c(N)c2c(=O)n(C)c(-c3ccc(F)cc3)cc2c(C#N)c1=O. The van der Waals surface area contributed by atoms with Gasteiger partial charge < -0.3 is 10.3 Å². The number of nitrogen functional groups attached to an aromatic ring is 1. The molecular weight excluding hydrogens is 311 g/mol. The summed E-state index contributed by atoms with van der Waals surface area (Å²) in [4.78, 5) is 25.0. The van der Waals surface area contributed by atoms with Gasteiger partial charge in [-0.3, -0.25) is 14.2 Å². The van der Waals surface area contributed by atoms with Crippen LogP contribution in [-0.4, -0.2) is 9.13 Å². The molecule has 3 rings (SSSR count). The standard InChI is InChI=1S/C17H13FN4O2/c1-21-13(9-3-5-10(18)6-4-9)7-11-12(8-19)16(23)22(2)15(20)14(11)17(21)24/h3-7H,20H2,1-2H3. The monoisotopic (exact) mass is 324 g/mol. The van der Waals surface area contributed by atoms with E-state index in [1.165, 1.54) is 35.9 Å². The molecule has 24 heavy (non-hydrogen) atoms. The average molecular weight is 324 g/mol. The number of anilines is 1. The van der Waals surface area contributed by atoms with Crippen LogP contribution in [0.1, 0.15) is 5.56 Å². The van der Waals surface area contributed by atoms with Gasteiger partial charge in [0.2, 0.25) is 0 Å². The third kappa shape index (κ3) is 2.08. The van der Waals surface area contributed by atoms with Crippen LogP contribution in [0.5, 0.6) is 0 Å². The maximum atomic E-state index is 13.1. The van der Waals surface area contributed by atoms with E-state index in [2.05, 4.69) is 0 Å². The molecule has 2 heterocycles. The number of hydrogen-bond acceptors (Lipinski definition) is 4. The molecule has 0 aliphatic carbocycles. The third-order valence-electron chi connectivity index (χ3n) is 4.09. The number of benzene rings is 1. The summed E-state index contributed by atoms with van der Waals surface area (Å²) < 4.78 is 15.6. The maximum Gasteiger partial charge on any atom is 0.270 e. The molecule has 7 heteroatoms. The van der Waals surface area contributed by atoms with Crippen LogP contribution in [0.15, 0.2) is 39.9 Å². The first-order valence-corrected chi connectivity index (χ1v) is 7.05.